The van der Waals surface area contributed by atoms with Crippen molar-refractivity contribution in [3.8, 4) is 5.75 Å². The lowest BCUT2D eigenvalue weighted by atomic mass is 9.96. The highest BCUT2D eigenvalue weighted by Crippen LogP contribution is 2.23. The van der Waals surface area contributed by atoms with Gasteiger partial charge in [-0.15, -0.1) is 0 Å². The van der Waals surface area contributed by atoms with Crippen molar-refractivity contribution in [2.45, 2.75) is 33.2 Å². The van der Waals surface area contributed by atoms with Crippen LogP contribution in [-0.4, -0.2) is 50.5 Å². The van der Waals surface area contributed by atoms with Crippen molar-refractivity contribution >= 4 is 11.8 Å². The van der Waals surface area contributed by atoms with Gasteiger partial charge in [-0.1, -0.05) is 32.9 Å². The smallest absolute Gasteiger partial charge is 0.234 e. The van der Waals surface area contributed by atoms with Crippen molar-refractivity contribution in [1.29, 1.82) is 0 Å². The van der Waals surface area contributed by atoms with Crippen molar-refractivity contribution in [3.63, 3.8) is 0 Å². The molecule has 0 saturated carbocycles. The SMILES string of the molecule is CCCNC(=O)CN(C)CC(=O)NC(c1ccc(OC)cc1)C(C)C. The minimum atomic E-state index is -0.0969. The molecule has 0 fully saturated rings. The molecule has 1 rings (SSSR count). The van der Waals surface area contributed by atoms with Gasteiger partial charge in [0.15, 0.2) is 0 Å². The van der Waals surface area contributed by atoms with Crippen molar-refractivity contribution in [2.24, 2.45) is 5.92 Å². The van der Waals surface area contributed by atoms with Crippen molar-refractivity contribution < 1.29 is 14.3 Å². The maximum absolute atomic E-state index is 12.4. The molecular formula is C19H31N3O3. The highest BCUT2D eigenvalue weighted by molar-refractivity contribution is 5.81. The summed E-state index contributed by atoms with van der Waals surface area (Å²) in [5, 5.41) is 5.87. The van der Waals surface area contributed by atoms with E-state index in [-0.39, 0.29) is 36.9 Å². The van der Waals surface area contributed by atoms with Crippen molar-refractivity contribution in [3.05, 3.63) is 29.8 Å². The fourth-order valence-electron chi connectivity index (χ4n) is 2.53. The summed E-state index contributed by atoms with van der Waals surface area (Å²) in [6.07, 6.45) is 0.897. The Morgan fingerprint density at radius 3 is 2.24 bits per heavy atom. The number of benzene rings is 1. The topological polar surface area (TPSA) is 70.7 Å². The van der Waals surface area contributed by atoms with Crippen LogP contribution in [0.2, 0.25) is 0 Å². The van der Waals surface area contributed by atoms with E-state index in [4.69, 9.17) is 4.74 Å². The second-order valence-electron chi connectivity index (χ2n) is 6.58. The van der Waals surface area contributed by atoms with Gasteiger partial charge in [0, 0.05) is 6.54 Å². The Morgan fingerprint density at radius 1 is 1.12 bits per heavy atom. The summed E-state index contributed by atoms with van der Waals surface area (Å²) >= 11 is 0. The average molecular weight is 349 g/mol. The number of nitrogens with zero attached hydrogens (tertiary/aromatic N) is 1. The van der Waals surface area contributed by atoms with E-state index >= 15 is 0 Å². The lowest BCUT2D eigenvalue weighted by Crippen LogP contribution is -2.42. The lowest BCUT2D eigenvalue weighted by Gasteiger charge is -2.24. The molecule has 6 nitrogen and oxygen atoms in total. The summed E-state index contributed by atoms with van der Waals surface area (Å²) < 4.78 is 5.18. The molecule has 1 aromatic carbocycles. The van der Waals surface area contributed by atoms with E-state index < -0.39 is 0 Å². The molecule has 0 heterocycles. The Kier molecular flexibility index (Phi) is 8.99. The van der Waals surface area contributed by atoms with Crippen LogP contribution < -0.4 is 15.4 Å². The summed E-state index contributed by atoms with van der Waals surface area (Å²) in [5.41, 5.74) is 1.03. The molecule has 0 aliphatic rings. The second kappa shape index (κ2) is 10.7. The van der Waals surface area contributed by atoms with Gasteiger partial charge in [0.1, 0.15) is 5.75 Å². The summed E-state index contributed by atoms with van der Waals surface area (Å²) in [7, 11) is 3.39. The Labute approximate surface area is 150 Å². The minimum Gasteiger partial charge on any atom is -0.497 e. The first-order valence-electron chi connectivity index (χ1n) is 8.75. The fraction of sp³-hybridized carbons (Fsp3) is 0.579. The van der Waals surface area contributed by atoms with E-state index in [0.29, 0.717) is 6.54 Å². The van der Waals surface area contributed by atoms with Crippen LogP contribution in [0.5, 0.6) is 5.75 Å². The van der Waals surface area contributed by atoms with Gasteiger partial charge in [-0.2, -0.15) is 0 Å². The van der Waals surface area contributed by atoms with Gasteiger partial charge < -0.3 is 15.4 Å². The lowest BCUT2D eigenvalue weighted by molar-refractivity contribution is -0.125. The monoisotopic (exact) mass is 349 g/mol. The van der Waals surface area contributed by atoms with Crippen LogP contribution in [0, 0.1) is 5.92 Å². The van der Waals surface area contributed by atoms with Crippen LogP contribution in [0.25, 0.3) is 0 Å². The number of carbonyl (C=O) groups is 2. The van der Waals surface area contributed by atoms with Gasteiger partial charge in [-0.3, -0.25) is 14.5 Å². The van der Waals surface area contributed by atoms with Crippen LogP contribution in [-0.2, 0) is 9.59 Å². The second-order valence-corrected chi connectivity index (χ2v) is 6.58. The standard InChI is InChI=1S/C19H31N3O3/c1-6-11-20-17(23)12-22(4)13-18(24)21-19(14(2)3)15-7-9-16(25-5)10-8-15/h7-10,14,19H,6,11-13H2,1-5H3,(H,20,23)(H,21,24). The predicted octanol–water partition coefficient (Wildman–Crippen LogP) is 1.97. The number of nitrogens with one attached hydrogen (secondary N) is 2. The Balaban J connectivity index is 2.59. The van der Waals surface area contributed by atoms with Crippen LogP contribution in [0.1, 0.15) is 38.8 Å². The minimum absolute atomic E-state index is 0.0623. The zero-order valence-corrected chi connectivity index (χ0v) is 16.0. The first kappa shape index (κ1) is 21.0. The van der Waals surface area contributed by atoms with E-state index in [2.05, 4.69) is 24.5 Å². The predicted molar refractivity (Wildman–Crippen MR) is 99.5 cm³/mol. The molecule has 1 aromatic rings. The molecular weight excluding hydrogens is 318 g/mol. The molecule has 6 heteroatoms. The maximum Gasteiger partial charge on any atom is 0.234 e. The molecule has 2 N–H and O–H groups in total. The Bertz CT molecular complexity index is 543. The number of hydrogen-bond acceptors (Lipinski definition) is 4. The van der Waals surface area contributed by atoms with E-state index in [0.717, 1.165) is 17.7 Å². The third-order valence-corrected chi connectivity index (χ3v) is 3.86. The number of hydrogen-bond donors (Lipinski definition) is 2. The molecule has 0 spiro atoms. The third-order valence-electron chi connectivity index (χ3n) is 3.86. The number of likely N-dealkylation sites (N-methyl/N-ethyl adjacent to an activating group) is 1. The Morgan fingerprint density at radius 2 is 1.72 bits per heavy atom. The highest BCUT2D eigenvalue weighted by atomic mass is 16.5. The summed E-state index contributed by atoms with van der Waals surface area (Å²) in [6, 6.07) is 7.63. The van der Waals surface area contributed by atoms with E-state index in [1.165, 1.54) is 0 Å². The number of carbonyl (C=O) groups excluding carboxylic acids is 2. The van der Waals surface area contributed by atoms with Gasteiger partial charge in [0.25, 0.3) is 0 Å². The average Bonchev–Trinajstić information content (AvgIpc) is 2.57. The number of rotatable bonds is 10. The van der Waals surface area contributed by atoms with E-state index in [1.54, 1.807) is 19.1 Å². The highest BCUT2D eigenvalue weighted by Gasteiger charge is 2.19. The first-order valence-corrected chi connectivity index (χ1v) is 8.75. The quantitative estimate of drug-likeness (QED) is 0.677. The zero-order chi connectivity index (χ0) is 18.8. The molecule has 0 aliphatic heterocycles. The van der Waals surface area contributed by atoms with Crippen molar-refractivity contribution in [1.82, 2.24) is 15.5 Å². The van der Waals surface area contributed by atoms with Crippen LogP contribution >= 0.6 is 0 Å². The van der Waals surface area contributed by atoms with Crippen LogP contribution in [0.15, 0.2) is 24.3 Å². The first-order chi connectivity index (χ1) is 11.9. The van der Waals surface area contributed by atoms with Gasteiger partial charge in [-0.05, 0) is 37.1 Å². The normalized spacial score (nSPS) is 12.1. The molecule has 1 unspecified atom stereocenters. The summed E-state index contributed by atoms with van der Waals surface area (Å²) in [6.45, 7) is 7.18. The molecule has 140 valence electrons. The number of methoxy groups -OCH3 is 1. The number of amides is 2. The van der Waals surface area contributed by atoms with E-state index in [1.807, 2.05) is 31.2 Å². The Hall–Kier alpha value is -2.08. The van der Waals surface area contributed by atoms with Crippen LogP contribution in [0.4, 0.5) is 0 Å². The maximum atomic E-state index is 12.4. The fourth-order valence-corrected chi connectivity index (χ4v) is 2.53. The molecule has 0 radical (unpaired) electrons. The molecule has 1 atom stereocenters. The van der Waals surface area contributed by atoms with Gasteiger partial charge in [0.05, 0.1) is 26.2 Å². The largest absolute Gasteiger partial charge is 0.497 e. The van der Waals surface area contributed by atoms with Gasteiger partial charge in [0.2, 0.25) is 11.8 Å². The van der Waals surface area contributed by atoms with Crippen LogP contribution in [0.3, 0.4) is 0 Å². The summed E-state index contributed by atoms with van der Waals surface area (Å²) in [4.78, 5) is 25.8. The third kappa shape index (κ3) is 7.56. The molecule has 0 saturated heterocycles. The van der Waals surface area contributed by atoms with Gasteiger partial charge >= 0.3 is 0 Å². The molecule has 0 bridgehead atoms. The van der Waals surface area contributed by atoms with Crippen molar-refractivity contribution in [2.75, 3.05) is 33.8 Å². The molecule has 25 heavy (non-hydrogen) atoms. The van der Waals surface area contributed by atoms with Gasteiger partial charge in [-0.25, -0.2) is 0 Å². The number of ether oxygens (including phenoxy) is 1. The molecule has 2 amide bonds. The zero-order valence-electron chi connectivity index (χ0n) is 16.0. The molecule has 0 aliphatic carbocycles. The van der Waals surface area contributed by atoms with E-state index in [9.17, 15) is 9.59 Å². The summed E-state index contributed by atoms with van der Waals surface area (Å²) in [5.74, 6) is 0.874. The molecule has 0 aromatic heterocycles.